The Morgan fingerprint density at radius 1 is 0.792 bits per heavy atom. The van der Waals surface area contributed by atoms with Gasteiger partial charge in [-0.3, -0.25) is 4.98 Å². The van der Waals surface area contributed by atoms with Crippen LogP contribution in [0.3, 0.4) is 0 Å². The molecule has 4 aromatic heterocycles. The van der Waals surface area contributed by atoms with Crippen LogP contribution in [0.5, 0.6) is 0 Å². The number of aryl methyl sites for hydroxylation is 2. The molecule has 0 unspecified atom stereocenters. The minimum atomic E-state index is -2.15. The predicted molar refractivity (Wildman–Crippen MR) is 220 cm³/mol. The molecule has 5 nitrogen and oxygen atoms in total. The molecule has 0 fully saturated rings. The third-order valence-electron chi connectivity index (χ3n) is 9.50. The average molecular weight is 894 g/mol. The van der Waals surface area contributed by atoms with Gasteiger partial charge in [-0.2, -0.15) is 0 Å². The molecule has 8 rings (SSSR count). The second-order valence-electron chi connectivity index (χ2n) is 15.0. The number of aromatic nitrogens is 4. The summed E-state index contributed by atoms with van der Waals surface area (Å²) in [7, 11) is -1.35. The van der Waals surface area contributed by atoms with Crippen molar-refractivity contribution in [1.82, 2.24) is 19.5 Å². The van der Waals surface area contributed by atoms with Crippen LogP contribution in [0.1, 0.15) is 66.0 Å². The maximum Gasteiger partial charge on any atom is 0.216 e. The molecule has 0 atom stereocenters. The van der Waals surface area contributed by atoms with E-state index in [9.17, 15) is 0 Å². The Bertz CT molecular complexity index is 2610. The third-order valence-corrected chi connectivity index (χ3v) is 11.5. The minimum absolute atomic E-state index is 0. The van der Waals surface area contributed by atoms with Crippen molar-refractivity contribution >= 4 is 46.4 Å². The van der Waals surface area contributed by atoms with Gasteiger partial charge in [-0.05, 0) is 65.0 Å². The van der Waals surface area contributed by atoms with Gasteiger partial charge in [-0.15, -0.1) is 53.6 Å². The molecule has 0 amide bonds. The number of nitrogens with zero attached hydrogens (tertiary/aromatic N) is 4. The van der Waals surface area contributed by atoms with E-state index < -0.39 is 14.9 Å². The summed E-state index contributed by atoms with van der Waals surface area (Å²) in [5, 5.41) is 3.44. The molecule has 0 bridgehead atoms. The Labute approximate surface area is 332 Å². The normalized spacial score (nSPS) is 12.8. The van der Waals surface area contributed by atoms with E-state index in [4.69, 9.17) is 13.5 Å². The minimum Gasteiger partial charge on any atom is -0.486 e. The van der Waals surface area contributed by atoms with Crippen molar-refractivity contribution in [1.29, 1.82) is 0 Å². The van der Waals surface area contributed by atoms with Crippen molar-refractivity contribution in [2.75, 3.05) is 0 Å². The molecular formula is C46H46IrN4OSi-2. The van der Waals surface area contributed by atoms with E-state index in [1.165, 1.54) is 16.3 Å². The fraction of sp³-hybridized carbons (Fsp3) is 0.239. The average Bonchev–Trinajstić information content (AvgIpc) is 3.72. The number of hydrogen-bond donors (Lipinski definition) is 0. The van der Waals surface area contributed by atoms with E-state index in [-0.39, 0.29) is 25.7 Å². The predicted octanol–water partition coefficient (Wildman–Crippen LogP) is 11.7. The smallest absolute Gasteiger partial charge is 0.216 e. The Kier molecular flexibility index (Phi) is 9.88. The SMILES string of the molecule is Cc1ccc2c(n1)oc1c(-c3ccc([Si](C)(C)C)cn3)[c-]ccc12.[2H]C([2H])([2H])c1c[c-]c(-c2nc3ccccc3n2-c2c(C(C)C)cccc2C(C)C)cc1.[Ir]. The van der Waals surface area contributed by atoms with Gasteiger partial charge >= 0.3 is 0 Å². The maximum atomic E-state index is 7.66. The monoisotopic (exact) mass is 894 g/mol. The molecule has 4 aromatic carbocycles. The van der Waals surface area contributed by atoms with Crippen molar-refractivity contribution in [2.24, 2.45) is 0 Å². The zero-order chi connectivity index (χ0) is 39.2. The number of furan rings is 1. The fourth-order valence-corrected chi connectivity index (χ4v) is 7.69. The summed E-state index contributed by atoms with van der Waals surface area (Å²) >= 11 is 0. The van der Waals surface area contributed by atoms with Gasteiger partial charge in [-0.1, -0.05) is 108 Å². The van der Waals surface area contributed by atoms with Crippen LogP contribution >= 0.6 is 0 Å². The fourth-order valence-electron chi connectivity index (χ4n) is 6.66. The molecule has 8 aromatic rings. The van der Waals surface area contributed by atoms with Gasteiger partial charge in [0, 0.05) is 47.2 Å². The van der Waals surface area contributed by atoms with Crippen LogP contribution in [0.25, 0.3) is 61.4 Å². The van der Waals surface area contributed by atoms with Crippen LogP contribution in [0.2, 0.25) is 19.6 Å². The van der Waals surface area contributed by atoms with Crippen molar-refractivity contribution in [3.63, 3.8) is 0 Å². The van der Waals surface area contributed by atoms with Gasteiger partial charge in [0.05, 0.1) is 30.5 Å². The Morgan fingerprint density at radius 3 is 2.19 bits per heavy atom. The number of fused-ring (bicyclic) bond motifs is 4. The molecule has 0 spiro atoms. The van der Waals surface area contributed by atoms with E-state index in [0.29, 0.717) is 17.5 Å². The molecular weight excluding hydrogens is 845 g/mol. The van der Waals surface area contributed by atoms with Gasteiger partial charge in [0.25, 0.3) is 0 Å². The molecule has 0 aliphatic carbocycles. The quantitative estimate of drug-likeness (QED) is 0.123. The second-order valence-corrected chi connectivity index (χ2v) is 20.1. The Hall–Kier alpha value is -4.68. The van der Waals surface area contributed by atoms with Gasteiger partial charge < -0.3 is 14.0 Å². The molecule has 0 N–H and O–H groups in total. The summed E-state index contributed by atoms with van der Waals surface area (Å²) in [5.74, 6) is 1.45. The molecule has 4 heterocycles. The zero-order valence-corrected chi connectivity index (χ0v) is 34.9. The first-order valence-electron chi connectivity index (χ1n) is 19.4. The summed E-state index contributed by atoms with van der Waals surface area (Å²) in [5.41, 5.74) is 10.9. The molecule has 7 heteroatoms. The number of pyridine rings is 2. The topological polar surface area (TPSA) is 56.7 Å². The van der Waals surface area contributed by atoms with Crippen LogP contribution in [0.15, 0.2) is 108 Å². The van der Waals surface area contributed by atoms with Gasteiger partial charge in [0.1, 0.15) is 0 Å². The zero-order valence-electron chi connectivity index (χ0n) is 34.5. The number of para-hydroxylation sites is 3. The second kappa shape index (κ2) is 15.4. The van der Waals surface area contributed by atoms with Crippen LogP contribution in [-0.4, -0.2) is 27.6 Å². The molecule has 0 aliphatic heterocycles. The summed E-state index contributed by atoms with van der Waals surface area (Å²) in [6.07, 6.45) is 2.00. The summed E-state index contributed by atoms with van der Waals surface area (Å²) in [6, 6.07) is 38.4. The number of rotatable bonds is 6. The van der Waals surface area contributed by atoms with Crippen molar-refractivity contribution in [2.45, 2.75) is 72.9 Å². The Balaban J connectivity index is 0.000000192. The van der Waals surface area contributed by atoms with E-state index in [0.717, 1.165) is 61.4 Å². The van der Waals surface area contributed by atoms with Crippen molar-refractivity contribution < 1.29 is 28.6 Å². The maximum absolute atomic E-state index is 7.66. The summed E-state index contributed by atoms with van der Waals surface area (Å²) < 4.78 is 31.2. The van der Waals surface area contributed by atoms with E-state index in [1.54, 1.807) is 12.1 Å². The van der Waals surface area contributed by atoms with E-state index >= 15 is 0 Å². The number of benzene rings is 4. The largest absolute Gasteiger partial charge is 0.486 e. The molecule has 53 heavy (non-hydrogen) atoms. The molecule has 0 saturated heterocycles. The van der Waals surface area contributed by atoms with Crippen LogP contribution in [-0.2, 0) is 20.1 Å². The third kappa shape index (κ3) is 7.57. The molecule has 1 radical (unpaired) electrons. The van der Waals surface area contributed by atoms with Crippen LogP contribution < -0.4 is 5.19 Å². The van der Waals surface area contributed by atoms with Gasteiger partial charge in [0.15, 0.2) is 0 Å². The van der Waals surface area contributed by atoms with Crippen LogP contribution in [0.4, 0.5) is 0 Å². The summed E-state index contributed by atoms with van der Waals surface area (Å²) in [6.45, 7) is 15.6. The van der Waals surface area contributed by atoms with Gasteiger partial charge in [-0.25, -0.2) is 4.98 Å². The molecule has 0 aliphatic rings. The first kappa shape index (κ1) is 34.1. The van der Waals surface area contributed by atoms with Crippen molar-refractivity contribution in [3.05, 3.63) is 138 Å². The van der Waals surface area contributed by atoms with Crippen LogP contribution in [0, 0.1) is 25.9 Å². The van der Waals surface area contributed by atoms with Gasteiger partial charge in [0.2, 0.25) is 5.71 Å². The standard InChI is InChI=1S/C26H27N2.C20H19N2OSi.Ir/c1-17(2)21-9-8-10-22(18(3)4)25(21)28-24-12-7-6-11-23(24)27-26(28)20-15-13-19(5)14-16-20;1-13-8-10-16-15-6-5-7-17(19(15)23-20(16)22-13)18-11-9-14(12-21-18)24(2,3)4;/h6-15,17-18H,1-5H3;5-6,8-12H,1-4H3;/q2*-1;/i5D3;;. The first-order valence-corrected chi connectivity index (χ1v) is 21.4. The van der Waals surface area contributed by atoms with E-state index in [2.05, 4.69) is 116 Å². The van der Waals surface area contributed by atoms with Crippen molar-refractivity contribution in [3.8, 4) is 28.3 Å². The molecule has 271 valence electrons. The number of imidazole rings is 1. The first-order chi connectivity index (χ1) is 26.1. The number of hydrogen-bond acceptors (Lipinski definition) is 4. The Morgan fingerprint density at radius 2 is 1.55 bits per heavy atom. The molecule has 0 saturated carbocycles. The van der Waals surface area contributed by atoms with E-state index in [1.807, 2.05) is 55.6 Å². The summed E-state index contributed by atoms with van der Waals surface area (Å²) in [4.78, 5) is 14.1.